The van der Waals surface area contributed by atoms with Crippen molar-refractivity contribution < 1.29 is 23.9 Å². The number of aliphatic carboxylic acids is 1. The second kappa shape index (κ2) is 10.3. The predicted molar refractivity (Wildman–Crippen MR) is 130 cm³/mol. The Morgan fingerprint density at radius 1 is 1.12 bits per heavy atom. The van der Waals surface area contributed by atoms with E-state index in [4.69, 9.17) is 42.2 Å². The number of halogens is 2. The number of aromatic nitrogens is 2. The molecule has 0 spiro atoms. The summed E-state index contributed by atoms with van der Waals surface area (Å²) < 4.78 is 17.0. The molecule has 0 bridgehead atoms. The molecule has 4 aromatic rings. The monoisotopic (exact) mass is 500 g/mol. The number of benzene rings is 2. The Kier molecular flexibility index (Phi) is 7.24. The molecule has 9 heteroatoms. The van der Waals surface area contributed by atoms with E-state index in [0.29, 0.717) is 46.2 Å². The second-order valence-electron chi connectivity index (χ2n) is 7.61. The summed E-state index contributed by atoms with van der Waals surface area (Å²) in [4.78, 5) is 16.1. The van der Waals surface area contributed by atoms with Crippen molar-refractivity contribution in [3.63, 3.8) is 0 Å². The summed E-state index contributed by atoms with van der Waals surface area (Å²) >= 11 is 12.3. The quantitative estimate of drug-likeness (QED) is 0.260. The molecule has 0 saturated heterocycles. The van der Waals surface area contributed by atoms with Crippen LogP contribution < -0.4 is 9.47 Å². The van der Waals surface area contributed by atoms with Crippen molar-refractivity contribution in [1.29, 1.82) is 0 Å². The highest BCUT2D eigenvalue weighted by Gasteiger charge is 2.22. The molecule has 176 valence electrons. The molecular formula is C25H22Cl2N2O5. The van der Waals surface area contributed by atoms with Crippen molar-refractivity contribution >= 4 is 40.1 Å². The zero-order valence-electron chi connectivity index (χ0n) is 18.5. The van der Waals surface area contributed by atoms with Crippen molar-refractivity contribution in [2.75, 3.05) is 0 Å². The lowest BCUT2D eigenvalue weighted by Gasteiger charge is -2.14. The minimum Gasteiger partial charge on any atom is -0.479 e. The van der Waals surface area contributed by atoms with Crippen LogP contribution in [0.3, 0.4) is 0 Å². The first-order valence-corrected chi connectivity index (χ1v) is 11.6. The zero-order chi connectivity index (χ0) is 24.2. The fraction of sp³-hybridized carbons (Fsp3) is 0.240. The maximum atomic E-state index is 11.4. The summed E-state index contributed by atoms with van der Waals surface area (Å²) in [6, 6.07) is 13.9. The second-order valence-corrected chi connectivity index (χ2v) is 8.46. The summed E-state index contributed by atoms with van der Waals surface area (Å²) in [5.41, 5.74) is 2.59. The van der Waals surface area contributed by atoms with Gasteiger partial charge in [0.25, 0.3) is 0 Å². The molecule has 1 N–H and O–H groups in total. The molecule has 1 unspecified atom stereocenters. The normalized spacial score (nSPS) is 12.0. The number of carboxylic acids is 1. The molecule has 0 amide bonds. The number of carboxylic acid groups (broad SMARTS) is 1. The fourth-order valence-corrected chi connectivity index (χ4v) is 3.81. The molecule has 2 aromatic heterocycles. The van der Waals surface area contributed by atoms with E-state index < -0.39 is 12.1 Å². The van der Waals surface area contributed by atoms with Gasteiger partial charge in [-0.15, -0.1) is 0 Å². The number of rotatable bonds is 9. The van der Waals surface area contributed by atoms with Gasteiger partial charge in [-0.3, -0.25) is 0 Å². The first-order chi connectivity index (χ1) is 16.4. The number of fused-ring (bicyclic) bond motifs is 1. The van der Waals surface area contributed by atoms with Gasteiger partial charge in [-0.1, -0.05) is 48.6 Å². The number of hydrogen-bond donors (Lipinski definition) is 1. The van der Waals surface area contributed by atoms with E-state index >= 15 is 0 Å². The maximum absolute atomic E-state index is 11.4. The van der Waals surface area contributed by atoms with Crippen molar-refractivity contribution in [2.24, 2.45) is 0 Å². The van der Waals surface area contributed by atoms with Crippen LogP contribution in [0.5, 0.6) is 17.4 Å². The lowest BCUT2D eigenvalue weighted by Crippen LogP contribution is -2.26. The molecule has 4 rings (SSSR count). The topological polar surface area (TPSA) is 94.7 Å². The SMILES string of the molecule is CCCc1nc(Oc2ccc(Cl)cc2)ccc1-c1noc2cc(Cl)c(OC(CC)C(=O)O)cc12. The van der Waals surface area contributed by atoms with Crippen LogP contribution in [0.15, 0.2) is 53.1 Å². The number of pyridine rings is 1. The molecule has 0 aliphatic rings. The summed E-state index contributed by atoms with van der Waals surface area (Å²) in [5.74, 6) is 0.261. The number of ether oxygens (including phenoxy) is 2. The number of carbonyl (C=O) groups is 1. The molecule has 2 aromatic carbocycles. The van der Waals surface area contributed by atoms with E-state index in [2.05, 4.69) is 12.1 Å². The van der Waals surface area contributed by atoms with Crippen LogP contribution in [0, 0.1) is 0 Å². The minimum atomic E-state index is -1.06. The standard InChI is InChI=1S/C25H22Cl2N2O5/c1-3-5-19-16(10-11-23(28-19)32-15-8-6-14(26)7-9-15)24-17-12-22(33-20(4-2)25(30)31)18(27)13-21(17)34-29-24/h6-13,20H,3-5H2,1-2H3,(H,30,31). The smallest absolute Gasteiger partial charge is 0.344 e. The van der Waals surface area contributed by atoms with Gasteiger partial charge in [-0.2, -0.15) is 0 Å². The third-order valence-corrected chi connectivity index (χ3v) is 5.71. The summed E-state index contributed by atoms with van der Waals surface area (Å²) in [6.07, 6.45) is 0.826. The van der Waals surface area contributed by atoms with Crippen LogP contribution in [0.4, 0.5) is 0 Å². The van der Waals surface area contributed by atoms with Gasteiger partial charge in [-0.25, -0.2) is 9.78 Å². The first-order valence-electron chi connectivity index (χ1n) is 10.8. The van der Waals surface area contributed by atoms with E-state index in [1.54, 1.807) is 49.4 Å². The Bertz CT molecular complexity index is 1320. The molecule has 0 radical (unpaired) electrons. The molecule has 0 saturated carbocycles. The maximum Gasteiger partial charge on any atom is 0.344 e. The Labute approximate surface area is 206 Å². The summed E-state index contributed by atoms with van der Waals surface area (Å²) in [7, 11) is 0. The Morgan fingerprint density at radius 2 is 1.88 bits per heavy atom. The summed E-state index contributed by atoms with van der Waals surface area (Å²) in [5, 5.41) is 15.1. The van der Waals surface area contributed by atoms with E-state index in [0.717, 1.165) is 17.7 Å². The van der Waals surface area contributed by atoms with E-state index in [1.807, 2.05) is 6.07 Å². The average molecular weight is 501 g/mol. The fourth-order valence-electron chi connectivity index (χ4n) is 3.49. The van der Waals surface area contributed by atoms with Gasteiger partial charge in [-0.05, 0) is 49.2 Å². The molecule has 0 aliphatic heterocycles. The van der Waals surface area contributed by atoms with Crippen LogP contribution in [-0.2, 0) is 11.2 Å². The number of hydrogen-bond acceptors (Lipinski definition) is 6. The van der Waals surface area contributed by atoms with Gasteiger partial charge in [0.15, 0.2) is 11.7 Å². The molecule has 0 fully saturated rings. The van der Waals surface area contributed by atoms with Crippen LogP contribution in [-0.4, -0.2) is 27.3 Å². The van der Waals surface area contributed by atoms with E-state index in [9.17, 15) is 9.90 Å². The highest BCUT2D eigenvalue weighted by atomic mass is 35.5. The Hall–Kier alpha value is -3.29. The van der Waals surface area contributed by atoms with Gasteiger partial charge in [0.2, 0.25) is 5.88 Å². The van der Waals surface area contributed by atoms with Crippen LogP contribution >= 0.6 is 23.2 Å². The molecular weight excluding hydrogens is 479 g/mol. The van der Waals surface area contributed by atoms with Gasteiger partial charge in [0.1, 0.15) is 17.2 Å². The molecule has 34 heavy (non-hydrogen) atoms. The highest BCUT2D eigenvalue weighted by Crippen LogP contribution is 2.38. The van der Waals surface area contributed by atoms with Crippen LogP contribution in [0.2, 0.25) is 10.0 Å². The molecule has 0 aliphatic carbocycles. The zero-order valence-corrected chi connectivity index (χ0v) is 20.1. The lowest BCUT2D eigenvalue weighted by atomic mass is 10.0. The van der Waals surface area contributed by atoms with Gasteiger partial charge >= 0.3 is 5.97 Å². The first kappa shape index (κ1) is 23.9. The van der Waals surface area contributed by atoms with Crippen molar-refractivity contribution in [1.82, 2.24) is 10.1 Å². The van der Waals surface area contributed by atoms with Crippen LogP contribution in [0.25, 0.3) is 22.2 Å². The largest absolute Gasteiger partial charge is 0.479 e. The minimum absolute atomic E-state index is 0.244. The van der Waals surface area contributed by atoms with Crippen molar-refractivity contribution in [3.05, 3.63) is 64.3 Å². The van der Waals surface area contributed by atoms with Gasteiger partial charge in [0.05, 0.1) is 16.1 Å². The van der Waals surface area contributed by atoms with E-state index in [-0.39, 0.29) is 10.8 Å². The van der Waals surface area contributed by atoms with Gasteiger partial charge in [0, 0.05) is 22.7 Å². The molecule has 2 heterocycles. The van der Waals surface area contributed by atoms with E-state index in [1.165, 1.54) is 0 Å². The number of aryl methyl sites for hydroxylation is 1. The lowest BCUT2D eigenvalue weighted by molar-refractivity contribution is -0.145. The van der Waals surface area contributed by atoms with Crippen molar-refractivity contribution in [3.8, 4) is 28.6 Å². The van der Waals surface area contributed by atoms with Crippen LogP contribution in [0.1, 0.15) is 32.4 Å². The Morgan fingerprint density at radius 3 is 2.56 bits per heavy atom. The highest BCUT2D eigenvalue weighted by molar-refractivity contribution is 6.33. The third-order valence-electron chi connectivity index (χ3n) is 5.17. The third kappa shape index (κ3) is 5.11. The molecule has 7 nitrogen and oxygen atoms in total. The Balaban J connectivity index is 1.73. The average Bonchev–Trinajstić information content (AvgIpc) is 3.21. The van der Waals surface area contributed by atoms with Crippen molar-refractivity contribution in [2.45, 2.75) is 39.2 Å². The predicted octanol–water partition coefficient (Wildman–Crippen LogP) is 7.18. The molecule has 1 atom stereocenters. The van der Waals surface area contributed by atoms with Gasteiger partial charge < -0.3 is 19.1 Å². The number of nitrogens with zero attached hydrogens (tertiary/aromatic N) is 2. The summed E-state index contributed by atoms with van der Waals surface area (Å²) in [6.45, 7) is 3.79.